The summed E-state index contributed by atoms with van der Waals surface area (Å²) in [7, 11) is -1.59. The van der Waals surface area contributed by atoms with Gasteiger partial charge in [-0.05, 0) is 24.6 Å². The summed E-state index contributed by atoms with van der Waals surface area (Å²) in [6, 6.07) is 3.96. The lowest BCUT2D eigenvalue weighted by Gasteiger charge is -2.16. The molecule has 7 nitrogen and oxygen atoms in total. The number of rotatable bonds is 4. The van der Waals surface area contributed by atoms with Crippen molar-refractivity contribution < 1.29 is 8.42 Å². The summed E-state index contributed by atoms with van der Waals surface area (Å²) in [5.41, 5.74) is -1.01. The third-order valence-corrected chi connectivity index (χ3v) is 5.55. The monoisotopic (exact) mass is 391 g/mol. The Balaban J connectivity index is 2.46. The van der Waals surface area contributed by atoms with Gasteiger partial charge in [0, 0.05) is 36.4 Å². The zero-order valence-corrected chi connectivity index (χ0v) is 15.4. The lowest BCUT2D eigenvalue weighted by molar-refractivity contribution is 0.557. The molecular formula is C14H15Cl2N3O4S. The van der Waals surface area contributed by atoms with E-state index in [2.05, 4.69) is 4.72 Å². The van der Waals surface area contributed by atoms with E-state index in [0.29, 0.717) is 15.6 Å². The molecule has 1 unspecified atom stereocenters. The molecule has 0 radical (unpaired) electrons. The van der Waals surface area contributed by atoms with Gasteiger partial charge in [0.25, 0.3) is 5.56 Å². The Labute approximate surface area is 148 Å². The molecule has 0 spiro atoms. The van der Waals surface area contributed by atoms with E-state index in [0.717, 1.165) is 15.3 Å². The maximum absolute atomic E-state index is 12.5. The molecule has 24 heavy (non-hydrogen) atoms. The average molecular weight is 392 g/mol. The van der Waals surface area contributed by atoms with Gasteiger partial charge in [-0.25, -0.2) is 17.9 Å². The van der Waals surface area contributed by atoms with Crippen LogP contribution in [-0.2, 0) is 24.1 Å². The van der Waals surface area contributed by atoms with Gasteiger partial charge >= 0.3 is 5.69 Å². The fraction of sp³-hybridized carbons (Fsp3) is 0.286. The summed E-state index contributed by atoms with van der Waals surface area (Å²) >= 11 is 11.9. The lowest BCUT2D eigenvalue weighted by Crippen LogP contribution is -2.41. The SMILES string of the molecule is CC(NS(=O)(=O)c1cn(C)c(=O)n(C)c1=O)c1ccc(Cl)cc1Cl. The van der Waals surface area contributed by atoms with Crippen LogP contribution in [0.15, 0.2) is 38.9 Å². The zero-order valence-electron chi connectivity index (χ0n) is 13.1. The van der Waals surface area contributed by atoms with Gasteiger partial charge < -0.3 is 4.57 Å². The molecule has 1 aromatic heterocycles. The number of aryl methyl sites for hydroxylation is 1. The smallest absolute Gasteiger partial charge is 0.302 e. The van der Waals surface area contributed by atoms with Crippen LogP contribution in [0.2, 0.25) is 10.0 Å². The molecule has 0 amide bonds. The van der Waals surface area contributed by atoms with Gasteiger partial charge in [0.1, 0.15) is 0 Å². The van der Waals surface area contributed by atoms with E-state index in [9.17, 15) is 18.0 Å². The minimum absolute atomic E-state index is 0.297. The third kappa shape index (κ3) is 3.56. The van der Waals surface area contributed by atoms with E-state index in [4.69, 9.17) is 23.2 Å². The molecular weight excluding hydrogens is 377 g/mol. The van der Waals surface area contributed by atoms with E-state index in [1.54, 1.807) is 19.1 Å². The van der Waals surface area contributed by atoms with Crippen LogP contribution in [0, 0.1) is 0 Å². The number of nitrogens with zero attached hydrogens (tertiary/aromatic N) is 2. The predicted octanol–water partition coefficient (Wildman–Crippen LogP) is 1.43. The van der Waals surface area contributed by atoms with Crippen LogP contribution >= 0.6 is 23.2 Å². The summed E-state index contributed by atoms with van der Waals surface area (Å²) < 4.78 is 29.2. The van der Waals surface area contributed by atoms with E-state index >= 15 is 0 Å². The van der Waals surface area contributed by atoms with Crippen LogP contribution < -0.4 is 16.0 Å². The molecule has 0 saturated heterocycles. The first kappa shape index (κ1) is 18.7. The van der Waals surface area contributed by atoms with Crippen molar-refractivity contribution in [1.82, 2.24) is 13.9 Å². The number of halogens is 2. The Bertz CT molecular complexity index is 1010. The van der Waals surface area contributed by atoms with Crippen LogP contribution in [0.1, 0.15) is 18.5 Å². The highest BCUT2D eigenvalue weighted by atomic mass is 35.5. The Morgan fingerprint density at radius 3 is 2.38 bits per heavy atom. The number of benzene rings is 1. The van der Waals surface area contributed by atoms with Crippen LogP contribution in [-0.4, -0.2) is 17.6 Å². The van der Waals surface area contributed by atoms with Gasteiger partial charge in [0.2, 0.25) is 10.0 Å². The summed E-state index contributed by atoms with van der Waals surface area (Å²) in [4.78, 5) is 23.3. The highest BCUT2D eigenvalue weighted by Gasteiger charge is 2.24. The van der Waals surface area contributed by atoms with E-state index in [1.165, 1.54) is 20.2 Å². The molecule has 1 aromatic carbocycles. The number of aromatic nitrogens is 2. The van der Waals surface area contributed by atoms with Gasteiger partial charge in [-0.1, -0.05) is 29.3 Å². The van der Waals surface area contributed by atoms with Crippen LogP contribution in [0.3, 0.4) is 0 Å². The van der Waals surface area contributed by atoms with Crippen molar-refractivity contribution in [3.63, 3.8) is 0 Å². The molecule has 1 heterocycles. The fourth-order valence-corrected chi connectivity index (χ4v) is 4.13. The largest absolute Gasteiger partial charge is 0.330 e. The minimum atomic E-state index is -4.16. The minimum Gasteiger partial charge on any atom is -0.302 e. The number of nitrogens with one attached hydrogen (secondary N) is 1. The van der Waals surface area contributed by atoms with Crippen LogP contribution in [0.25, 0.3) is 0 Å². The Kier molecular flexibility index (Phi) is 5.24. The van der Waals surface area contributed by atoms with Crippen LogP contribution in [0.5, 0.6) is 0 Å². The lowest BCUT2D eigenvalue weighted by atomic mass is 10.1. The Morgan fingerprint density at radius 1 is 1.17 bits per heavy atom. The first-order chi connectivity index (χ1) is 11.0. The van der Waals surface area contributed by atoms with Crippen molar-refractivity contribution in [1.29, 1.82) is 0 Å². The zero-order chi connectivity index (χ0) is 18.2. The third-order valence-electron chi connectivity index (χ3n) is 3.47. The molecule has 0 bridgehead atoms. The van der Waals surface area contributed by atoms with Gasteiger partial charge in [0.05, 0.1) is 0 Å². The molecule has 1 atom stereocenters. The fourth-order valence-electron chi connectivity index (χ4n) is 2.17. The second kappa shape index (κ2) is 6.72. The van der Waals surface area contributed by atoms with Crippen molar-refractivity contribution in [2.24, 2.45) is 14.1 Å². The first-order valence-corrected chi connectivity index (χ1v) is 9.02. The molecule has 10 heteroatoms. The molecule has 130 valence electrons. The first-order valence-electron chi connectivity index (χ1n) is 6.78. The van der Waals surface area contributed by atoms with Crippen molar-refractivity contribution in [3.05, 3.63) is 60.8 Å². The molecule has 2 aromatic rings. The van der Waals surface area contributed by atoms with Crippen molar-refractivity contribution in [3.8, 4) is 0 Å². The highest BCUT2D eigenvalue weighted by Crippen LogP contribution is 2.26. The molecule has 0 saturated carbocycles. The maximum Gasteiger partial charge on any atom is 0.330 e. The van der Waals surface area contributed by atoms with Gasteiger partial charge in [-0.15, -0.1) is 0 Å². The number of hydrogen-bond acceptors (Lipinski definition) is 4. The topological polar surface area (TPSA) is 90.2 Å². The summed E-state index contributed by atoms with van der Waals surface area (Å²) in [5.74, 6) is 0. The normalized spacial score (nSPS) is 13.0. The standard InChI is InChI=1S/C14H15Cl2N3O4S/c1-8(10-5-4-9(15)6-11(10)16)17-24(22,23)12-7-18(2)14(21)19(3)13(12)20/h4-8,17H,1-3H3. The second-order valence-electron chi connectivity index (χ2n) is 5.26. The predicted molar refractivity (Wildman–Crippen MR) is 92.1 cm³/mol. The Hall–Kier alpha value is -1.61. The molecule has 0 aliphatic carbocycles. The van der Waals surface area contributed by atoms with Gasteiger partial charge in [0.15, 0.2) is 4.90 Å². The van der Waals surface area contributed by atoms with E-state index < -0.39 is 32.2 Å². The van der Waals surface area contributed by atoms with Gasteiger partial charge in [-0.3, -0.25) is 9.36 Å². The highest BCUT2D eigenvalue weighted by molar-refractivity contribution is 7.89. The Morgan fingerprint density at radius 2 is 1.79 bits per heavy atom. The van der Waals surface area contributed by atoms with Crippen molar-refractivity contribution >= 4 is 33.2 Å². The van der Waals surface area contributed by atoms with E-state index in [1.807, 2.05) is 0 Å². The summed E-state index contributed by atoms with van der Waals surface area (Å²) in [5, 5.41) is 0.719. The number of hydrogen-bond donors (Lipinski definition) is 1. The van der Waals surface area contributed by atoms with Crippen molar-refractivity contribution in [2.45, 2.75) is 17.9 Å². The molecule has 1 N–H and O–H groups in total. The second-order valence-corrected chi connectivity index (χ2v) is 7.79. The number of sulfonamides is 1. The van der Waals surface area contributed by atoms with E-state index in [-0.39, 0.29) is 0 Å². The quantitative estimate of drug-likeness (QED) is 0.853. The maximum atomic E-state index is 12.5. The van der Waals surface area contributed by atoms with Crippen molar-refractivity contribution in [2.75, 3.05) is 0 Å². The molecule has 2 rings (SSSR count). The molecule has 0 aliphatic heterocycles. The molecule has 0 aliphatic rings. The van der Waals surface area contributed by atoms with Crippen LogP contribution in [0.4, 0.5) is 0 Å². The summed E-state index contributed by atoms with van der Waals surface area (Å²) in [6.07, 6.45) is 0.989. The average Bonchev–Trinajstić information content (AvgIpc) is 2.47. The summed E-state index contributed by atoms with van der Waals surface area (Å²) in [6.45, 7) is 1.58. The molecule has 0 fully saturated rings. The van der Waals surface area contributed by atoms with Gasteiger partial charge in [-0.2, -0.15) is 0 Å².